The highest BCUT2D eigenvalue weighted by Gasteiger charge is 2.32. The Morgan fingerprint density at radius 2 is 1.81 bits per heavy atom. The number of halogens is 1. The van der Waals surface area contributed by atoms with Crippen molar-refractivity contribution in [3.8, 4) is 0 Å². The summed E-state index contributed by atoms with van der Waals surface area (Å²) < 4.78 is 1.11. The van der Waals surface area contributed by atoms with Gasteiger partial charge in [-0.2, -0.15) is 0 Å². The van der Waals surface area contributed by atoms with Crippen molar-refractivity contribution in [1.82, 2.24) is 5.32 Å². The van der Waals surface area contributed by atoms with Crippen LogP contribution in [0.4, 0.5) is 0 Å². The van der Waals surface area contributed by atoms with Crippen LogP contribution >= 0.6 is 15.9 Å². The maximum atomic E-state index is 9.47. The van der Waals surface area contributed by atoms with Gasteiger partial charge in [-0.25, -0.2) is 0 Å². The van der Waals surface area contributed by atoms with E-state index in [1.54, 1.807) is 0 Å². The van der Waals surface area contributed by atoms with Crippen molar-refractivity contribution in [2.24, 2.45) is 0 Å². The Morgan fingerprint density at radius 1 is 1.19 bits per heavy atom. The van der Waals surface area contributed by atoms with Crippen LogP contribution < -0.4 is 5.32 Å². The maximum absolute atomic E-state index is 9.47. The molecule has 0 amide bonds. The highest BCUT2D eigenvalue weighted by atomic mass is 79.9. The molecule has 1 aromatic carbocycles. The second kappa shape index (κ2) is 5.30. The largest absolute Gasteiger partial charge is 0.394 e. The minimum absolute atomic E-state index is 0.0208. The van der Waals surface area contributed by atoms with Crippen molar-refractivity contribution < 1.29 is 5.11 Å². The summed E-state index contributed by atoms with van der Waals surface area (Å²) in [6.45, 7) is 1.09. The molecule has 3 heteroatoms. The quantitative estimate of drug-likeness (QED) is 0.891. The molecule has 0 atom stereocenters. The minimum Gasteiger partial charge on any atom is -0.394 e. The first-order valence-corrected chi connectivity index (χ1v) is 6.64. The average Bonchev–Trinajstić information content (AvgIpc) is 2.78. The standard InChI is InChI=1S/C13H18BrNO/c14-12-5-3-11(4-6-12)9-15-13(10-16)7-1-2-8-13/h3-6,15-16H,1-2,7-10H2. The molecule has 1 fully saturated rings. The highest BCUT2D eigenvalue weighted by molar-refractivity contribution is 9.10. The van der Waals surface area contributed by atoms with Gasteiger partial charge in [0.15, 0.2) is 0 Å². The lowest BCUT2D eigenvalue weighted by atomic mass is 9.98. The summed E-state index contributed by atoms with van der Waals surface area (Å²) in [6.07, 6.45) is 4.65. The van der Waals surface area contributed by atoms with Crippen LogP contribution in [0.5, 0.6) is 0 Å². The van der Waals surface area contributed by atoms with Gasteiger partial charge in [-0.3, -0.25) is 0 Å². The van der Waals surface area contributed by atoms with Crippen LogP contribution in [0.15, 0.2) is 28.7 Å². The number of hydrogen-bond donors (Lipinski definition) is 2. The SMILES string of the molecule is OCC1(NCc2ccc(Br)cc2)CCCC1. The van der Waals surface area contributed by atoms with E-state index in [0.717, 1.165) is 23.9 Å². The number of aliphatic hydroxyl groups is 1. The zero-order chi connectivity index (χ0) is 11.4. The number of hydrogen-bond acceptors (Lipinski definition) is 2. The van der Waals surface area contributed by atoms with Crippen LogP contribution in [0.2, 0.25) is 0 Å². The molecule has 0 saturated heterocycles. The van der Waals surface area contributed by atoms with Crippen LogP contribution in [0.25, 0.3) is 0 Å². The Balaban J connectivity index is 1.93. The van der Waals surface area contributed by atoms with E-state index >= 15 is 0 Å². The molecule has 2 N–H and O–H groups in total. The summed E-state index contributed by atoms with van der Waals surface area (Å²) in [5.74, 6) is 0. The Hall–Kier alpha value is -0.380. The van der Waals surface area contributed by atoms with E-state index < -0.39 is 0 Å². The van der Waals surface area contributed by atoms with Crippen LogP contribution in [-0.2, 0) is 6.54 Å². The molecule has 0 spiro atoms. The monoisotopic (exact) mass is 283 g/mol. The van der Waals surface area contributed by atoms with Gasteiger partial charge in [0.2, 0.25) is 0 Å². The number of aliphatic hydroxyl groups excluding tert-OH is 1. The molecule has 0 unspecified atom stereocenters. The molecule has 0 bridgehead atoms. The molecule has 0 aromatic heterocycles. The van der Waals surface area contributed by atoms with Crippen molar-refractivity contribution in [1.29, 1.82) is 0 Å². The van der Waals surface area contributed by atoms with Crippen molar-refractivity contribution in [3.63, 3.8) is 0 Å². The first-order valence-electron chi connectivity index (χ1n) is 5.84. The Labute approximate surface area is 105 Å². The van der Waals surface area contributed by atoms with E-state index in [9.17, 15) is 5.11 Å². The molecule has 0 radical (unpaired) electrons. The lowest BCUT2D eigenvalue weighted by Gasteiger charge is -2.28. The lowest BCUT2D eigenvalue weighted by Crippen LogP contribution is -2.45. The summed E-state index contributed by atoms with van der Waals surface area (Å²) in [5.41, 5.74) is 1.25. The van der Waals surface area contributed by atoms with E-state index in [2.05, 4.69) is 45.5 Å². The van der Waals surface area contributed by atoms with Crippen molar-refractivity contribution in [2.45, 2.75) is 37.8 Å². The molecular formula is C13H18BrNO. The molecule has 0 heterocycles. The van der Waals surface area contributed by atoms with E-state index in [4.69, 9.17) is 0 Å². The Kier molecular flexibility index (Phi) is 4.00. The third-order valence-electron chi connectivity index (χ3n) is 3.44. The minimum atomic E-state index is -0.0208. The van der Waals surface area contributed by atoms with Crippen LogP contribution in [-0.4, -0.2) is 17.3 Å². The lowest BCUT2D eigenvalue weighted by molar-refractivity contribution is 0.163. The van der Waals surface area contributed by atoms with Gasteiger partial charge in [-0.15, -0.1) is 0 Å². The topological polar surface area (TPSA) is 32.3 Å². The van der Waals surface area contributed by atoms with Gasteiger partial charge in [0.05, 0.1) is 6.61 Å². The highest BCUT2D eigenvalue weighted by Crippen LogP contribution is 2.29. The third kappa shape index (κ3) is 2.84. The fraction of sp³-hybridized carbons (Fsp3) is 0.538. The second-order valence-electron chi connectivity index (χ2n) is 4.63. The summed E-state index contributed by atoms with van der Waals surface area (Å²) in [4.78, 5) is 0. The number of benzene rings is 1. The Bertz CT molecular complexity index is 330. The third-order valence-corrected chi connectivity index (χ3v) is 3.97. The van der Waals surface area contributed by atoms with Gasteiger partial charge in [0.25, 0.3) is 0 Å². The van der Waals surface area contributed by atoms with E-state index in [1.165, 1.54) is 18.4 Å². The van der Waals surface area contributed by atoms with Gasteiger partial charge in [0, 0.05) is 16.6 Å². The van der Waals surface area contributed by atoms with Crippen molar-refractivity contribution in [3.05, 3.63) is 34.3 Å². The molecule has 1 aliphatic rings. The molecule has 1 aromatic rings. The van der Waals surface area contributed by atoms with Gasteiger partial charge >= 0.3 is 0 Å². The molecule has 0 aliphatic heterocycles. The average molecular weight is 284 g/mol. The van der Waals surface area contributed by atoms with Crippen molar-refractivity contribution >= 4 is 15.9 Å². The fourth-order valence-electron chi connectivity index (χ4n) is 2.33. The molecular weight excluding hydrogens is 266 g/mol. The normalized spacial score (nSPS) is 18.9. The zero-order valence-electron chi connectivity index (χ0n) is 9.38. The maximum Gasteiger partial charge on any atom is 0.0613 e. The van der Waals surface area contributed by atoms with Gasteiger partial charge in [-0.1, -0.05) is 40.9 Å². The molecule has 2 rings (SSSR count). The smallest absolute Gasteiger partial charge is 0.0613 e. The van der Waals surface area contributed by atoms with Gasteiger partial charge in [0.1, 0.15) is 0 Å². The predicted molar refractivity (Wildman–Crippen MR) is 69.3 cm³/mol. The summed E-state index contributed by atoms with van der Waals surface area (Å²) in [7, 11) is 0. The fourth-order valence-corrected chi connectivity index (χ4v) is 2.60. The number of nitrogens with one attached hydrogen (secondary N) is 1. The van der Waals surface area contributed by atoms with Crippen LogP contribution in [0, 0.1) is 0 Å². The van der Waals surface area contributed by atoms with Crippen LogP contribution in [0.1, 0.15) is 31.2 Å². The second-order valence-corrected chi connectivity index (χ2v) is 5.54. The van der Waals surface area contributed by atoms with E-state index in [1.807, 2.05) is 0 Å². The van der Waals surface area contributed by atoms with E-state index in [0.29, 0.717) is 0 Å². The Morgan fingerprint density at radius 3 is 2.38 bits per heavy atom. The molecule has 88 valence electrons. The predicted octanol–water partition coefficient (Wildman–Crippen LogP) is 2.84. The summed E-state index contributed by atoms with van der Waals surface area (Å²) >= 11 is 3.43. The van der Waals surface area contributed by atoms with Gasteiger partial charge < -0.3 is 10.4 Å². The summed E-state index contributed by atoms with van der Waals surface area (Å²) in [5, 5.41) is 13.0. The van der Waals surface area contributed by atoms with E-state index in [-0.39, 0.29) is 12.1 Å². The molecule has 16 heavy (non-hydrogen) atoms. The first kappa shape index (κ1) is 12.1. The summed E-state index contributed by atoms with van der Waals surface area (Å²) in [6, 6.07) is 8.32. The molecule has 1 saturated carbocycles. The first-order chi connectivity index (χ1) is 7.74. The van der Waals surface area contributed by atoms with Gasteiger partial charge in [-0.05, 0) is 30.5 Å². The zero-order valence-corrected chi connectivity index (χ0v) is 11.0. The molecule has 1 aliphatic carbocycles. The molecule has 2 nitrogen and oxygen atoms in total. The number of rotatable bonds is 4. The van der Waals surface area contributed by atoms with Crippen LogP contribution in [0.3, 0.4) is 0 Å². The van der Waals surface area contributed by atoms with Crippen molar-refractivity contribution in [2.75, 3.05) is 6.61 Å².